The summed E-state index contributed by atoms with van der Waals surface area (Å²) in [7, 11) is 5.25. The Balaban J connectivity index is 2.57. The molecule has 4 nitrogen and oxygen atoms in total. The van der Waals surface area contributed by atoms with Crippen LogP contribution in [0.2, 0.25) is 0 Å². The van der Waals surface area contributed by atoms with Crippen molar-refractivity contribution in [2.24, 2.45) is 0 Å². The van der Waals surface area contributed by atoms with Gasteiger partial charge >= 0.3 is 6.03 Å². The standard InChI is InChI=1S/C10H15N3O/c1-12(2)10(14)13(3)8-9-5-4-6-11-7-9/h4-7H,8H2,1-3H3. The first-order chi connectivity index (χ1) is 6.61. The topological polar surface area (TPSA) is 36.4 Å². The Bertz CT molecular complexity index is 297. The van der Waals surface area contributed by atoms with E-state index in [9.17, 15) is 4.79 Å². The van der Waals surface area contributed by atoms with Crippen LogP contribution in [0.15, 0.2) is 24.5 Å². The predicted molar refractivity (Wildman–Crippen MR) is 54.8 cm³/mol. The molecular formula is C10H15N3O. The second kappa shape index (κ2) is 4.60. The van der Waals surface area contributed by atoms with Crippen LogP contribution in [-0.4, -0.2) is 42.0 Å². The molecule has 1 rings (SSSR count). The van der Waals surface area contributed by atoms with E-state index in [1.54, 1.807) is 43.3 Å². The summed E-state index contributed by atoms with van der Waals surface area (Å²) in [6.45, 7) is 0.588. The third-order valence-corrected chi connectivity index (χ3v) is 1.85. The van der Waals surface area contributed by atoms with Crippen molar-refractivity contribution >= 4 is 6.03 Å². The maximum atomic E-state index is 11.5. The number of amides is 2. The molecule has 4 heteroatoms. The van der Waals surface area contributed by atoms with Gasteiger partial charge in [-0.25, -0.2) is 4.79 Å². The highest BCUT2D eigenvalue weighted by Gasteiger charge is 2.10. The molecule has 0 aromatic carbocycles. The number of hydrogen-bond acceptors (Lipinski definition) is 2. The molecule has 0 saturated carbocycles. The fourth-order valence-corrected chi connectivity index (χ4v) is 1.17. The van der Waals surface area contributed by atoms with Crippen molar-refractivity contribution in [3.63, 3.8) is 0 Å². The molecule has 0 unspecified atom stereocenters. The summed E-state index contributed by atoms with van der Waals surface area (Å²) in [4.78, 5) is 18.7. The van der Waals surface area contributed by atoms with Gasteiger partial charge in [-0.15, -0.1) is 0 Å². The lowest BCUT2D eigenvalue weighted by molar-refractivity contribution is 0.180. The molecule has 0 aliphatic rings. The largest absolute Gasteiger partial charge is 0.331 e. The summed E-state index contributed by atoms with van der Waals surface area (Å²) in [6, 6.07) is 3.81. The predicted octanol–water partition coefficient (Wildman–Crippen LogP) is 1.20. The summed E-state index contributed by atoms with van der Waals surface area (Å²) in [5.41, 5.74) is 1.03. The molecule has 0 N–H and O–H groups in total. The number of hydrogen-bond donors (Lipinski definition) is 0. The zero-order valence-corrected chi connectivity index (χ0v) is 8.77. The van der Waals surface area contributed by atoms with Crippen molar-refractivity contribution in [2.75, 3.05) is 21.1 Å². The second-order valence-electron chi connectivity index (χ2n) is 3.39. The van der Waals surface area contributed by atoms with Gasteiger partial charge in [0.15, 0.2) is 0 Å². The minimum atomic E-state index is -0.00569. The van der Waals surface area contributed by atoms with Crippen LogP contribution in [0.25, 0.3) is 0 Å². The van der Waals surface area contributed by atoms with Crippen molar-refractivity contribution in [3.05, 3.63) is 30.1 Å². The molecule has 0 spiro atoms. The Morgan fingerprint density at radius 2 is 2.14 bits per heavy atom. The fraction of sp³-hybridized carbons (Fsp3) is 0.400. The number of carbonyl (C=O) groups is 1. The lowest BCUT2D eigenvalue weighted by Gasteiger charge is -2.21. The van der Waals surface area contributed by atoms with Gasteiger partial charge in [0.1, 0.15) is 0 Å². The first-order valence-corrected chi connectivity index (χ1v) is 4.42. The Hall–Kier alpha value is -1.58. The summed E-state index contributed by atoms with van der Waals surface area (Å²) in [5.74, 6) is 0. The van der Waals surface area contributed by atoms with Crippen molar-refractivity contribution < 1.29 is 4.79 Å². The van der Waals surface area contributed by atoms with Gasteiger partial charge in [-0.2, -0.15) is 0 Å². The average molecular weight is 193 g/mol. The minimum Gasteiger partial charge on any atom is -0.331 e. The van der Waals surface area contributed by atoms with Crippen molar-refractivity contribution in [1.29, 1.82) is 0 Å². The van der Waals surface area contributed by atoms with E-state index in [1.807, 2.05) is 12.1 Å². The van der Waals surface area contributed by atoms with Gasteiger partial charge in [-0.05, 0) is 11.6 Å². The normalized spacial score (nSPS) is 9.64. The van der Waals surface area contributed by atoms with Crippen LogP contribution in [0.1, 0.15) is 5.56 Å². The molecule has 1 aromatic heterocycles. The van der Waals surface area contributed by atoms with Crippen LogP contribution in [0, 0.1) is 0 Å². The third kappa shape index (κ3) is 2.73. The summed E-state index contributed by atoms with van der Waals surface area (Å²) in [5, 5.41) is 0. The van der Waals surface area contributed by atoms with Gasteiger partial charge in [-0.3, -0.25) is 4.98 Å². The van der Waals surface area contributed by atoms with Crippen molar-refractivity contribution in [2.45, 2.75) is 6.54 Å². The fourth-order valence-electron chi connectivity index (χ4n) is 1.17. The van der Waals surface area contributed by atoms with E-state index >= 15 is 0 Å². The number of urea groups is 1. The highest BCUT2D eigenvalue weighted by Crippen LogP contribution is 2.02. The number of aromatic nitrogens is 1. The van der Waals surface area contributed by atoms with E-state index < -0.39 is 0 Å². The molecule has 0 atom stereocenters. The van der Waals surface area contributed by atoms with E-state index in [1.165, 1.54) is 0 Å². The third-order valence-electron chi connectivity index (χ3n) is 1.85. The molecule has 0 radical (unpaired) electrons. The molecule has 2 amide bonds. The summed E-state index contributed by atoms with van der Waals surface area (Å²) < 4.78 is 0. The minimum absolute atomic E-state index is 0.00569. The Kier molecular flexibility index (Phi) is 3.45. The van der Waals surface area contributed by atoms with Gasteiger partial charge in [0, 0.05) is 40.1 Å². The molecular weight excluding hydrogens is 178 g/mol. The lowest BCUT2D eigenvalue weighted by atomic mass is 10.3. The second-order valence-corrected chi connectivity index (χ2v) is 3.39. The quantitative estimate of drug-likeness (QED) is 0.707. The van der Waals surface area contributed by atoms with Crippen molar-refractivity contribution in [3.8, 4) is 0 Å². The molecule has 1 heterocycles. The Morgan fingerprint density at radius 3 is 2.64 bits per heavy atom. The molecule has 0 bridgehead atoms. The molecule has 76 valence electrons. The van der Waals surface area contributed by atoms with Gasteiger partial charge in [-0.1, -0.05) is 6.07 Å². The molecule has 0 saturated heterocycles. The van der Waals surface area contributed by atoms with Crippen LogP contribution in [0.4, 0.5) is 4.79 Å². The van der Waals surface area contributed by atoms with Crippen LogP contribution in [0.3, 0.4) is 0 Å². The smallest absolute Gasteiger partial charge is 0.319 e. The van der Waals surface area contributed by atoms with E-state index in [0.29, 0.717) is 6.54 Å². The highest BCUT2D eigenvalue weighted by atomic mass is 16.2. The number of carbonyl (C=O) groups excluding carboxylic acids is 1. The first kappa shape index (κ1) is 10.5. The molecule has 14 heavy (non-hydrogen) atoms. The zero-order chi connectivity index (χ0) is 10.6. The number of nitrogens with zero attached hydrogens (tertiary/aromatic N) is 3. The van der Waals surface area contributed by atoms with E-state index in [4.69, 9.17) is 0 Å². The lowest BCUT2D eigenvalue weighted by Crippen LogP contribution is -2.35. The van der Waals surface area contributed by atoms with Gasteiger partial charge in [0.25, 0.3) is 0 Å². The molecule has 0 aliphatic carbocycles. The molecule has 0 fully saturated rings. The molecule has 0 aliphatic heterocycles. The molecule has 1 aromatic rings. The van der Waals surface area contributed by atoms with Crippen LogP contribution in [0.5, 0.6) is 0 Å². The number of rotatable bonds is 2. The average Bonchev–Trinajstić information content (AvgIpc) is 2.18. The first-order valence-electron chi connectivity index (χ1n) is 4.42. The summed E-state index contributed by atoms with van der Waals surface area (Å²) in [6.07, 6.45) is 3.48. The van der Waals surface area contributed by atoms with E-state index in [0.717, 1.165) is 5.56 Å². The highest BCUT2D eigenvalue weighted by molar-refractivity contribution is 5.73. The Labute approximate surface area is 84.2 Å². The monoisotopic (exact) mass is 193 g/mol. The van der Waals surface area contributed by atoms with Crippen LogP contribution in [-0.2, 0) is 6.54 Å². The Morgan fingerprint density at radius 1 is 1.43 bits per heavy atom. The zero-order valence-electron chi connectivity index (χ0n) is 8.77. The maximum absolute atomic E-state index is 11.5. The SMILES string of the molecule is CN(C)C(=O)N(C)Cc1cccnc1. The van der Waals surface area contributed by atoms with Crippen LogP contribution < -0.4 is 0 Å². The summed E-state index contributed by atoms with van der Waals surface area (Å²) >= 11 is 0. The van der Waals surface area contributed by atoms with E-state index in [-0.39, 0.29) is 6.03 Å². The van der Waals surface area contributed by atoms with Crippen LogP contribution >= 0.6 is 0 Å². The van der Waals surface area contributed by atoms with Gasteiger partial charge in [0.2, 0.25) is 0 Å². The maximum Gasteiger partial charge on any atom is 0.319 e. The number of pyridine rings is 1. The van der Waals surface area contributed by atoms with Gasteiger partial charge < -0.3 is 9.80 Å². The van der Waals surface area contributed by atoms with Crippen molar-refractivity contribution in [1.82, 2.24) is 14.8 Å². The van der Waals surface area contributed by atoms with E-state index in [2.05, 4.69) is 4.98 Å². The van der Waals surface area contributed by atoms with Gasteiger partial charge in [0.05, 0.1) is 0 Å².